The van der Waals surface area contributed by atoms with Crippen LogP contribution in [0.3, 0.4) is 0 Å². The minimum atomic E-state index is -1.38. The average molecular weight is 333 g/mol. The largest absolute Gasteiger partial charge is 0.544 e. The van der Waals surface area contributed by atoms with Crippen LogP contribution < -0.4 is 15.7 Å². The molecule has 2 aromatic rings. The second kappa shape index (κ2) is 7.88. The third kappa shape index (κ3) is 4.92. The van der Waals surface area contributed by atoms with E-state index in [1.807, 2.05) is 0 Å². The quantitative estimate of drug-likeness (QED) is 0.488. The molecule has 1 amide bonds. The Morgan fingerprint density at radius 1 is 1.29 bits per heavy atom. The standard InChI is InChI=1S/C15H15N3O6/c19-14(17-10-3-1-4-11(7-10)18(22)23)8-13(15(20)21)16-9-12-5-2-6-24-12/h1-7,13,16H,8-9H2,(H,17,19)(H,20,21)/t13-/m0/s1. The Morgan fingerprint density at radius 3 is 2.71 bits per heavy atom. The summed E-state index contributed by atoms with van der Waals surface area (Å²) in [7, 11) is 0. The van der Waals surface area contributed by atoms with E-state index in [0.29, 0.717) is 5.76 Å². The number of carbonyl (C=O) groups is 2. The zero-order valence-electron chi connectivity index (χ0n) is 12.5. The number of non-ortho nitro benzene ring substituents is 1. The van der Waals surface area contributed by atoms with Gasteiger partial charge in [-0.3, -0.25) is 14.9 Å². The van der Waals surface area contributed by atoms with E-state index in [0.717, 1.165) is 0 Å². The number of carboxylic acids is 1. The van der Waals surface area contributed by atoms with Crippen LogP contribution in [0.4, 0.5) is 11.4 Å². The monoisotopic (exact) mass is 333 g/mol. The third-order valence-corrected chi connectivity index (χ3v) is 3.23. The number of nitrogens with zero attached hydrogens (tertiary/aromatic N) is 1. The maximum absolute atomic E-state index is 12.0. The van der Waals surface area contributed by atoms with Crippen molar-refractivity contribution in [3.05, 3.63) is 58.5 Å². The highest BCUT2D eigenvalue weighted by Crippen LogP contribution is 2.17. The minimum Gasteiger partial charge on any atom is -0.544 e. The van der Waals surface area contributed by atoms with Gasteiger partial charge >= 0.3 is 0 Å². The van der Waals surface area contributed by atoms with Crippen molar-refractivity contribution in [1.29, 1.82) is 0 Å². The molecule has 9 nitrogen and oxygen atoms in total. The number of benzene rings is 1. The number of amides is 1. The van der Waals surface area contributed by atoms with Crippen molar-refractivity contribution in [3.63, 3.8) is 0 Å². The first-order valence-corrected chi connectivity index (χ1v) is 7.06. The Balaban J connectivity index is 1.93. The molecule has 9 heteroatoms. The number of nitrogens with two attached hydrogens (primary N) is 1. The number of anilines is 1. The van der Waals surface area contributed by atoms with E-state index in [1.165, 1.54) is 35.8 Å². The van der Waals surface area contributed by atoms with E-state index in [9.17, 15) is 24.8 Å². The molecule has 24 heavy (non-hydrogen) atoms. The smallest absolute Gasteiger partial charge is 0.271 e. The number of hydrogen-bond donors (Lipinski definition) is 2. The Labute approximate surface area is 136 Å². The second-order valence-electron chi connectivity index (χ2n) is 5.00. The van der Waals surface area contributed by atoms with Crippen LogP contribution >= 0.6 is 0 Å². The Morgan fingerprint density at radius 2 is 2.08 bits per heavy atom. The molecule has 1 atom stereocenters. The van der Waals surface area contributed by atoms with E-state index >= 15 is 0 Å². The molecule has 0 radical (unpaired) electrons. The lowest BCUT2D eigenvalue weighted by Crippen LogP contribution is -2.92. The van der Waals surface area contributed by atoms with Gasteiger partial charge in [-0.15, -0.1) is 0 Å². The van der Waals surface area contributed by atoms with Gasteiger partial charge in [0.2, 0.25) is 5.91 Å². The van der Waals surface area contributed by atoms with Crippen LogP contribution in [0.2, 0.25) is 0 Å². The summed E-state index contributed by atoms with van der Waals surface area (Å²) in [5.41, 5.74) is 0.0472. The predicted octanol–water partition coefficient (Wildman–Crippen LogP) is -0.601. The number of nitro benzene ring substituents is 1. The van der Waals surface area contributed by atoms with Crippen LogP contribution in [-0.2, 0) is 16.1 Å². The molecular formula is C15H15N3O6. The molecule has 3 N–H and O–H groups in total. The average Bonchev–Trinajstić information content (AvgIpc) is 3.04. The number of hydrogen-bond acceptors (Lipinski definition) is 6. The van der Waals surface area contributed by atoms with Gasteiger partial charge in [0.05, 0.1) is 23.6 Å². The van der Waals surface area contributed by atoms with E-state index in [4.69, 9.17) is 4.42 Å². The van der Waals surface area contributed by atoms with Crippen LogP contribution in [0.1, 0.15) is 12.2 Å². The molecule has 0 unspecified atom stereocenters. The summed E-state index contributed by atoms with van der Waals surface area (Å²) in [6, 6.07) is 7.64. The molecular weight excluding hydrogens is 318 g/mol. The van der Waals surface area contributed by atoms with Crippen molar-refractivity contribution in [2.24, 2.45) is 0 Å². The maximum atomic E-state index is 12.0. The summed E-state index contributed by atoms with van der Waals surface area (Å²) in [6.45, 7) is 0.246. The Hall–Kier alpha value is -3.20. The van der Waals surface area contributed by atoms with Gasteiger partial charge in [0.1, 0.15) is 12.6 Å². The van der Waals surface area contributed by atoms with Crippen LogP contribution in [0.5, 0.6) is 0 Å². The normalized spacial score (nSPS) is 11.7. The van der Waals surface area contributed by atoms with Gasteiger partial charge in [0.25, 0.3) is 5.69 Å². The van der Waals surface area contributed by atoms with Crippen molar-refractivity contribution in [2.45, 2.75) is 19.0 Å². The molecule has 2 rings (SSSR count). The molecule has 1 heterocycles. The highest BCUT2D eigenvalue weighted by atomic mass is 16.6. The molecule has 0 spiro atoms. The maximum Gasteiger partial charge on any atom is 0.271 e. The van der Waals surface area contributed by atoms with Gasteiger partial charge in [-0.2, -0.15) is 0 Å². The topological polar surface area (TPSA) is 142 Å². The lowest BCUT2D eigenvalue weighted by molar-refractivity contribution is -0.698. The van der Waals surface area contributed by atoms with Gasteiger partial charge in [-0.1, -0.05) is 6.07 Å². The van der Waals surface area contributed by atoms with Gasteiger partial charge in [0, 0.05) is 17.8 Å². The lowest BCUT2D eigenvalue weighted by atomic mass is 10.2. The molecule has 0 fully saturated rings. The van der Waals surface area contributed by atoms with E-state index in [2.05, 4.69) is 5.32 Å². The zero-order valence-corrected chi connectivity index (χ0v) is 12.5. The summed E-state index contributed by atoms with van der Waals surface area (Å²) < 4.78 is 5.09. The van der Waals surface area contributed by atoms with Crippen molar-refractivity contribution in [3.8, 4) is 0 Å². The molecule has 1 aromatic heterocycles. The van der Waals surface area contributed by atoms with Crippen LogP contribution in [0.15, 0.2) is 47.1 Å². The van der Waals surface area contributed by atoms with Crippen LogP contribution in [0.25, 0.3) is 0 Å². The van der Waals surface area contributed by atoms with Crippen molar-refractivity contribution in [2.75, 3.05) is 5.32 Å². The fraction of sp³-hybridized carbons (Fsp3) is 0.200. The molecule has 126 valence electrons. The third-order valence-electron chi connectivity index (χ3n) is 3.23. The summed E-state index contributed by atoms with van der Waals surface area (Å²) >= 11 is 0. The Bertz CT molecular complexity index is 729. The molecule has 0 aliphatic carbocycles. The van der Waals surface area contributed by atoms with Crippen molar-refractivity contribution < 1.29 is 29.4 Å². The highest BCUT2D eigenvalue weighted by Gasteiger charge is 2.19. The van der Waals surface area contributed by atoms with Crippen LogP contribution in [0, 0.1) is 10.1 Å². The van der Waals surface area contributed by atoms with Crippen molar-refractivity contribution >= 4 is 23.3 Å². The molecule has 0 aliphatic rings. The van der Waals surface area contributed by atoms with E-state index < -0.39 is 22.8 Å². The van der Waals surface area contributed by atoms with Gasteiger partial charge in [-0.25, -0.2) is 0 Å². The number of nitrogens with one attached hydrogen (secondary N) is 1. The van der Waals surface area contributed by atoms with Gasteiger partial charge < -0.3 is 25.0 Å². The summed E-state index contributed by atoms with van der Waals surface area (Å²) in [5.74, 6) is -1.39. The molecule has 0 aliphatic heterocycles. The van der Waals surface area contributed by atoms with E-state index in [1.54, 1.807) is 12.1 Å². The molecule has 1 aromatic carbocycles. The zero-order chi connectivity index (χ0) is 17.5. The fourth-order valence-electron chi connectivity index (χ4n) is 2.06. The predicted molar refractivity (Wildman–Crippen MR) is 79.5 cm³/mol. The number of nitro groups is 1. The molecule has 0 saturated carbocycles. The first-order chi connectivity index (χ1) is 11.5. The number of furan rings is 1. The molecule has 0 saturated heterocycles. The lowest BCUT2D eigenvalue weighted by Gasteiger charge is -2.15. The first-order valence-electron chi connectivity index (χ1n) is 7.06. The number of carboxylic acid groups (broad SMARTS) is 1. The first kappa shape index (κ1) is 17.2. The number of carbonyl (C=O) groups excluding carboxylic acids is 2. The Kier molecular flexibility index (Phi) is 5.63. The summed E-state index contributed by atoms with van der Waals surface area (Å²) in [4.78, 5) is 33.2. The number of rotatable bonds is 8. The SMILES string of the molecule is O=C(C[C@H]([NH2+]Cc1ccco1)C(=O)[O-])Nc1cccc([N+](=O)[O-])c1. The number of aliphatic carboxylic acids is 1. The number of quaternary nitrogens is 1. The highest BCUT2D eigenvalue weighted by molar-refractivity contribution is 5.93. The second-order valence-corrected chi connectivity index (χ2v) is 5.00. The summed E-state index contributed by atoms with van der Waals surface area (Å²) in [5, 5.41) is 25.7. The minimum absolute atomic E-state index is 0.173. The van der Waals surface area contributed by atoms with Crippen LogP contribution in [-0.4, -0.2) is 22.8 Å². The van der Waals surface area contributed by atoms with E-state index in [-0.39, 0.29) is 24.3 Å². The summed E-state index contributed by atoms with van der Waals surface area (Å²) in [6.07, 6.45) is 1.12. The van der Waals surface area contributed by atoms with Gasteiger partial charge in [-0.05, 0) is 18.2 Å². The van der Waals surface area contributed by atoms with Crippen molar-refractivity contribution in [1.82, 2.24) is 0 Å². The molecule has 0 bridgehead atoms. The van der Waals surface area contributed by atoms with Gasteiger partial charge in [0.15, 0.2) is 5.76 Å². The fourth-order valence-corrected chi connectivity index (χ4v) is 2.06.